The van der Waals surface area contributed by atoms with Gasteiger partial charge in [-0.25, -0.2) is 22.4 Å². The van der Waals surface area contributed by atoms with Crippen LogP contribution < -0.4 is 0 Å². The van der Waals surface area contributed by atoms with E-state index in [0.717, 1.165) is 44.9 Å². The summed E-state index contributed by atoms with van der Waals surface area (Å²) in [6, 6.07) is 14.1. The van der Waals surface area contributed by atoms with Crippen molar-refractivity contribution in [2.75, 3.05) is 7.11 Å². The number of ketones is 1. The maximum absolute atomic E-state index is 13.7. The first-order valence-electron chi connectivity index (χ1n) is 13.5. The topological polar surface area (TPSA) is 94.9 Å². The molecule has 0 saturated heterocycles. The third-order valence-corrected chi connectivity index (χ3v) is 7.72. The van der Waals surface area contributed by atoms with E-state index in [1.54, 1.807) is 30.6 Å². The lowest BCUT2D eigenvalue weighted by Crippen LogP contribution is -2.08. The van der Waals surface area contributed by atoms with Gasteiger partial charge < -0.3 is 4.74 Å². The van der Waals surface area contributed by atoms with Gasteiger partial charge in [0.15, 0.2) is 5.78 Å². The number of pyridine rings is 4. The fourth-order valence-corrected chi connectivity index (χ4v) is 4.96. The number of ether oxygens (including phenoxy) is 1. The second-order valence-corrected chi connectivity index (χ2v) is 12.4. The second-order valence-electron chi connectivity index (χ2n) is 9.72. The van der Waals surface area contributed by atoms with Crippen molar-refractivity contribution in [3.63, 3.8) is 0 Å². The van der Waals surface area contributed by atoms with Crippen LogP contribution in [0.3, 0.4) is 0 Å². The fraction of sp³-hybridized carbons (Fsp3) is 0.0909. The first kappa shape index (κ1) is 36.8. The van der Waals surface area contributed by atoms with Gasteiger partial charge in [0.25, 0.3) is 0 Å². The molecule has 48 heavy (non-hydrogen) atoms. The number of benzene rings is 2. The van der Waals surface area contributed by atoms with Crippen LogP contribution in [0.5, 0.6) is 0 Å². The van der Waals surface area contributed by atoms with Crippen LogP contribution in [0.4, 0.5) is 17.6 Å². The van der Waals surface area contributed by atoms with Crippen molar-refractivity contribution in [3.05, 3.63) is 138 Å². The zero-order valence-corrected chi connectivity index (χ0v) is 29.4. The van der Waals surface area contributed by atoms with Crippen LogP contribution in [0.1, 0.15) is 32.1 Å². The average molecular weight is 827 g/mol. The van der Waals surface area contributed by atoms with Crippen LogP contribution in [-0.4, -0.2) is 38.8 Å². The maximum Gasteiger partial charge on any atom is 0.340 e. The molecular weight excluding hydrogens is 807 g/mol. The summed E-state index contributed by atoms with van der Waals surface area (Å²) in [7, 11) is 1.10. The number of halogens is 8. The zero-order chi connectivity index (χ0) is 35.1. The Morgan fingerprint density at radius 3 is 1.75 bits per heavy atom. The molecule has 0 spiro atoms. The number of esters is 1. The molecule has 0 aliphatic heterocycles. The van der Waals surface area contributed by atoms with E-state index in [9.17, 15) is 27.2 Å². The van der Waals surface area contributed by atoms with Crippen molar-refractivity contribution in [3.8, 4) is 0 Å². The van der Waals surface area contributed by atoms with Crippen LogP contribution in [0.2, 0.25) is 10.0 Å². The van der Waals surface area contributed by atoms with Gasteiger partial charge in [0, 0.05) is 44.9 Å². The SMILES string of the molecule is COC(=O)c1cc(Cl)c(F)cc1F.Cc1ccc2ncc(Br)cc2n1.O=C(Cc1ccc2ncc(Br)cc2n1)c1cc(Cl)c(F)cc1F. The number of methoxy groups -OCH3 is 1. The highest BCUT2D eigenvalue weighted by Crippen LogP contribution is 2.22. The van der Waals surface area contributed by atoms with Crippen LogP contribution in [0.15, 0.2) is 82.0 Å². The third kappa shape index (κ3) is 9.53. The summed E-state index contributed by atoms with van der Waals surface area (Å²) in [5.74, 6) is -5.17. The van der Waals surface area contributed by atoms with Gasteiger partial charge >= 0.3 is 5.97 Å². The predicted molar refractivity (Wildman–Crippen MR) is 181 cm³/mol. The van der Waals surface area contributed by atoms with E-state index in [-0.39, 0.29) is 27.6 Å². The molecule has 246 valence electrons. The van der Waals surface area contributed by atoms with E-state index < -0.39 is 35.0 Å². The Morgan fingerprint density at radius 2 is 1.19 bits per heavy atom. The van der Waals surface area contributed by atoms with E-state index in [2.05, 4.69) is 56.5 Å². The number of hydrogen-bond donors (Lipinski definition) is 0. The number of rotatable bonds is 4. The normalized spacial score (nSPS) is 10.5. The average Bonchev–Trinajstić information content (AvgIpc) is 3.04. The molecule has 7 nitrogen and oxygen atoms in total. The Bertz CT molecular complexity index is 2140. The monoisotopic (exact) mass is 824 g/mol. The molecule has 4 heterocycles. The Hall–Kier alpha value is -4.04. The number of fused-ring (bicyclic) bond motifs is 2. The molecule has 6 aromatic rings. The van der Waals surface area contributed by atoms with Crippen molar-refractivity contribution >= 4 is 88.9 Å². The molecule has 0 bridgehead atoms. The van der Waals surface area contributed by atoms with Crippen molar-refractivity contribution in [1.82, 2.24) is 19.9 Å². The summed E-state index contributed by atoms with van der Waals surface area (Å²) in [6.07, 6.45) is 3.30. The molecule has 0 fully saturated rings. The maximum atomic E-state index is 13.7. The third-order valence-electron chi connectivity index (χ3n) is 6.27. The van der Waals surface area contributed by atoms with Crippen molar-refractivity contribution in [1.29, 1.82) is 0 Å². The molecule has 4 aromatic heterocycles. The zero-order valence-electron chi connectivity index (χ0n) is 24.7. The van der Waals surface area contributed by atoms with Gasteiger partial charge in [-0.15, -0.1) is 0 Å². The quantitative estimate of drug-likeness (QED) is 0.0756. The molecule has 2 aromatic carbocycles. The Balaban J connectivity index is 0.000000177. The number of Topliss-reactive ketones (excluding diaryl/α,β-unsaturated/α-hetero) is 1. The number of hydrogen-bond acceptors (Lipinski definition) is 7. The lowest BCUT2D eigenvalue weighted by Gasteiger charge is -2.05. The summed E-state index contributed by atoms with van der Waals surface area (Å²) < 4.78 is 58.3. The first-order chi connectivity index (χ1) is 22.7. The molecule has 0 radical (unpaired) electrons. The van der Waals surface area contributed by atoms with Crippen molar-refractivity contribution in [2.24, 2.45) is 0 Å². The highest BCUT2D eigenvalue weighted by Gasteiger charge is 2.17. The molecule has 6 rings (SSSR count). The van der Waals surface area contributed by atoms with Gasteiger partial charge in [-0.1, -0.05) is 23.2 Å². The van der Waals surface area contributed by atoms with Gasteiger partial charge in [0.1, 0.15) is 23.3 Å². The van der Waals surface area contributed by atoms with E-state index in [1.807, 2.05) is 25.1 Å². The highest BCUT2D eigenvalue weighted by atomic mass is 79.9. The van der Waals surface area contributed by atoms with Crippen molar-refractivity contribution in [2.45, 2.75) is 13.3 Å². The highest BCUT2D eigenvalue weighted by molar-refractivity contribution is 9.10. The van der Waals surface area contributed by atoms with E-state index in [4.69, 9.17) is 23.2 Å². The minimum Gasteiger partial charge on any atom is -0.465 e. The first-order valence-corrected chi connectivity index (χ1v) is 15.8. The molecular formula is C33H20Br2Cl2F4N4O3. The number of aryl methyl sites for hydroxylation is 1. The number of carbonyl (C=O) groups excluding carboxylic acids is 2. The molecule has 0 atom stereocenters. The Kier molecular flexibility index (Phi) is 12.6. The van der Waals surface area contributed by atoms with Gasteiger partial charge in [-0.2, -0.15) is 0 Å². The molecule has 0 aliphatic carbocycles. The Morgan fingerprint density at radius 1 is 0.688 bits per heavy atom. The number of aromatic nitrogens is 4. The standard InChI is InChI=1S/C16H8BrClF2N2O.C9H7BrN2.C8H5ClF2O2/c17-8-3-15-14(21-7-8)2-1-9(22-15)4-16(23)10-5-11(18)13(20)6-12(10)19;1-6-2-3-8-9(12-6)4-7(10)5-11-8;1-13-8(12)4-2-5(9)7(11)3-6(4)10/h1-3,5-7H,4H2;2-5H,1H3;2-3H,1H3. The van der Waals surface area contributed by atoms with Crippen LogP contribution >= 0.6 is 55.1 Å². The van der Waals surface area contributed by atoms with Gasteiger partial charge in [-0.3, -0.25) is 24.7 Å². The summed E-state index contributed by atoms with van der Waals surface area (Å²) in [5, 5.41) is -0.615. The minimum atomic E-state index is -0.992. The predicted octanol–water partition coefficient (Wildman–Crippen LogP) is 9.85. The fourth-order valence-electron chi connectivity index (χ4n) is 3.99. The van der Waals surface area contributed by atoms with Gasteiger partial charge in [0.05, 0.1) is 56.8 Å². The summed E-state index contributed by atoms with van der Waals surface area (Å²) in [5.41, 5.74) is 4.00. The lowest BCUT2D eigenvalue weighted by atomic mass is 10.1. The van der Waals surface area contributed by atoms with Gasteiger partial charge in [-0.05, 0) is 87.3 Å². The van der Waals surface area contributed by atoms with Gasteiger partial charge in [0.2, 0.25) is 0 Å². The molecule has 0 saturated carbocycles. The summed E-state index contributed by atoms with van der Waals surface area (Å²) in [6.45, 7) is 1.97. The molecule has 0 aliphatic rings. The molecule has 0 N–H and O–H groups in total. The smallest absolute Gasteiger partial charge is 0.340 e. The van der Waals surface area contributed by atoms with Crippen LogP contribution in [0, 0.1) is 30.2 Å². The Labute approximate surface area is 297 Å². The lowest BCUT2D eigenvalue weighted by molar-refractivity contribution is 0.0595. The largest absolute Gasteiger partial charge is 0.465 e. The van der Waals surface area contributed by atoms with Crippen molar-refractivity contribution < 1.29 is 31.9 Å². The molecule has 0 unspecified atom stereocenters. The molecule has 15 heteroatoms. The van der Waals surface area contributed by atoms with Crippen LogP contribution in [0.25, 0.3) is 22.1 Å². The number of carbonyl (C=O) groups is 2. The van der Waals surface area contributed by atoms with Crippen LogP contribution in [-0.2, 0) is 11.2 Å². The minimum absolute atomic E-state index is 0.124. The number of nitrogens with zero attached hydrogens (tertiary/aromatic N) is 4. The summed E-state index contributed by atoms with van der Waals surface area (Å²) >= 11 is 17.6. The van der Waals surface area contributed by atoms with E-state index in [1.165, 1.54) is 0 Å². The van der Waals surface area contributed by atoms with E-state index >= 15 is 0 Å². The summed E-state index contributed by atoms with van der Waals surface area (Å²) in [4.78, 5) is 40.1. The van der Waals surface area contributed by atoms with E-state index in [0.29, 0.717) is 28.9 Å². The second kappa shape index (κ2) is 16.4. The molecule has 0 amide bonds.